The Morgan fingerprint density at radius 1 is 1.15 bits per heavy atom. The van der Waals surface area contributed by atoms with Gasteiger partial charge in [0.05, 0.1) is 0 Å². The van der Waals surface area contributed by atoms with Crippen molar-refractivity contribution in [2.24, 2.45) is 0 Å². The van der Waals surface area contributed by atoms with Crippen LogP contribution in [0.4, 0.5) is 13.2 Å². The molecule has 1 aliphatic heterocycles. The van der Waals surface area contributed by atoms with Gasteiger partial charge in [0.25, 0.3) is 0 Å². The second-order valence-corrected chi connectivity index (χ2v) is 11.7. The van der Waals surface area contributed by atoms with E-state index >= 15 is 0 Å². The molecular weight excluding hydrogens is 665 g/mol. The third-order valence-electron chi connectivity index (χ3n) is 4.84. The summed E-state index contributed by atoms with van der Waals surface area (Å²) in [5.41, 5.74) is 0.688. The maximum atomic E-state index is 13.0. The van der Waals surface area contributed by atoms with Gasteiger partial charge < -0.3 is 0 Å². The van der Waals surface area contributed by atoms with Crippen LogP contribution < -0.4 is 29.4 Å². The van der Waals surface area contributed by atoms with Gasteiger partial charge in [0.2, 0.25) is 0 Å². The molecule has 33 heavy (non-hydrogen) atoms. The first-order valence-electron chi connectivity index (χ1n) is 9.64. The van der Waals surface area contributed by atoms with E-state index < -0.39 is 37.0 Å². The Hall–Kier alpha value is -2.36. The third kappa shape index (κ3) is 4.81. The van der Waals surface area contributed by atoms with Gasteiger partial charge in [-0.05, 0) is 0 Å². The molecule has 0 unspecified atom stereocenters. The summed E-state index contributed by atoms with van der Waals surface area (Å²) < 4.78 is 54.9. The number of benzene rings is 2. The number of alkyl halides is 4. The van der Waals surface area contributed by atoms with Crippen molar-refractivity contribution in [2.75, 3.05) is 0 Å². The molecule has 1 atom stereocenters. The van der Waals surface area contributed by atoms with Crippen molar-refractivity contribution >= 4 is 22.6 Å². The molecule has 0 bridgehead atoms. The number of hydrogen-bond acceptors (Lipinski definition) is 5. The number of halogens is 5. The van der Waals surface area contributed by atoms with E-state index in [4.69, 9.17) is 7.80 Å². The maximum absolute atomic E-state index is 13.0. The molecule has 2 aromatic heterocycles. The first-order valence-corrected chi connectivity index (χ1v) is 12.7. The molecule has 2 aromatic carbocycles. The Morgan fingerprint density at radius 2 is 1.94 bits per heavy atom. The van der Waals surface area contributed by atoms with Crippen molar-refractivity contribution in [3.63, 3.8) is 0 Å². The molecule has 172 valence electrons. The average Bonchev–Trinajstić information content (AvgIpc) is 3.46. The molecule has 4 aromatic rings. The molecule has 3 heterocycles. The normalized spacial score (nSPS) is 17.7. The van der Waals surface area contributed by atoms with Gasteiger partial charge in [-0.2, -0.15) is 13.2 Å². The molecular formula is C21H15F3I2N5O2-. The fourth-order valence-electron chi connectivity index (χ4n) is 3.28. The fraction of sp³-hybridized carbons (Fsp3) is 0.190. The van der Waals surface area contributed by atoms with Crippen molar-refractivity contribution in [3.05, 3.63) is 70.2 Å². The predicted molar refractivity (Wildman–Crippen MR) is 116 cm³/mol. The first-order chi connectivity index (χ1) is 15.7. The molecule has 1 aliphatic rings. The van der Waals surface area contributed by atoms with E-state index in [9.17, 15) is 13.2 Å². The molecule has 0 amide bonds. The first kappa shape index (κ1) is 22.4. The van der Waals surface area contributed by atoms with Crippen LogP contribution in [0.25, 0.3) is 16.9 Å². The van der Waals surface area contributed by atoms with Gasteiger partial charge in [-0.3, -0.25) is 0 Å². The van der Waals surface area contributed by atoms with Gasteiger partial charge in [-0.25, -0.2) is 0 Å². The van der Waals surface area contributed by atoms with Crippen molar-refractivity contribution in [2.45, 2.75) is 23.3 Å². The van der Waals surface area contributed by atoms with Gasteiger partial charge >= 0.3 is 199 Å². The van der Waals surface area contributed by atoms with Crippen LogP contribution in [0, 0.1) is 3.70 Å². The Balaban J connectivity index is 1.25. The van der Waals surface area contributed by atoms with Gasteiger partial charge in [0.1, 0.15) is 0 Å². The number of aromatic nitrogens is 5. The van der Waals surface area contributed by atoms with E-state index in [1.165, 1.54) is 10.7 Å². The number of ether oxygens (including phenoxy) is 1. The quantitative estimate of drug-likeness (QED) is 0.239. The van der Waals surface area contributed by atoms with Crippen molar-refractivity contribution in [1.29, 1.82) is 0 Å². The molecule has 5 rings (SSSR count). The van der Waals surface area contributed by atoms with E-state index in [1.807, 2.05) is 42.0 Å². The predicted octanol–water partition coefficient (Wildman–Crippen LogP) is 1.95. The summed E-state index contributed by atoms with van der Waals surface area (Å²) in [7, 11) is 0. The molecule has 7 nitrogen and oxygen atoms in total. The molecule has 0 N–H and O–H groups in total. The van der Waals surface area contributed by atoms with Gasteiger partial charge in [0.15, 0.2) is 0 Å². The van der Waals surface area contributed by atoms with Gasteiger partial charge in [-0.1, -0.05) is 0 Å². The standard InChI is InChI=1S/C21H15F3I2N5O2/c1-20(12-30-11-18(25)27-19(30)32-20)26-33-16-7-5-15(6-8-16)31-10-17(28-29-31)13-3-2-4-14(9-13)21(22,23)24/h2-11H,12H2,1H3/q-1/t20-/m1/s1. The zero-order chi connectivity index (χ0) is 23.2. The number of rotatable bonds is 5. The molecule has 0 radical (unpaired) electrons. The molecule has 0 fully saturated rings. The van der Waals surface area contributed by atoms with Crippen molar-refractivity contribution in [1.82, 2.24) is 24.5 Å². The van der Waals surface area contributed by atoms with E-state index in [0.717, 1.165) is 15.8 Å². The minimum atomic E-state index is -4.41. The molecule has 0 saturated carbocycles. The summed E-state index contributed by atoms with van der Waals surface area (Å²) in [5.74, 6) is 0.703. The molecule has 12 heteroatoms. The number of fused-ring (bicyclic) bond motifs is 1. The third-order valence-corrected chi connectivity index (χ3v) is 7.58. The van der Waals surface area contributed by atoms with Crippen LogP contribution >= 0.6 is 22.6 Å². The number of nitrogens with zero attached hydrogens (tertiary/aromatic N) is 5. The fourth-order valence-corrected chi connectivity index (χ4v) is 5.63. The second kappa shape index (κ2) is 8.45. The van der Waals surface area contributed by atoms with Gasteiger partial charge in [-0.15, -0.1) is 0 Å². The van der Waals surface area contributed by atoms with Crippen LogP contribution in [-0.4, -0.2) is 28.2 Å². The number of hydrogen-bond donors (Lipinski definition) is 0. The van der Waals surface area contributed by atoms with E-state index in [2.05, 4.69) is 37.9 Å². The average molecular weight is 680 g/mol. The summed E-state index contributed by atoms with van der Waals surface area (Å²) in [4.78, 5) is 4.35. The van der Waals surface area contributed by atoms with Crippen molar-refractivity contribution in [3.8, 4) is 28.7 Å². The molecule has 0 aliphatic carbocycles. The summed E-state index contributed by atoms with van der Waals surface area (Å²) in [6.45, 7) is 2.71. The van der Waals surface area contributed by atoms with Crippen LogP contribution in [0.1, 0.15) is 12.5 Å². The molecule has 0 spiro atoms. The van der Waals surface area contributed by atoms with Crippen LogP contribution in [-0.2, 0) is 12.7 Å². The number of imidazole rings is 1. The summed E-state index contributed by atoms with van der Waals surface area (Å²) in [5, 5.41) is 8.07. The topological polar surface area (TPSA) is 67.0 Å². The SMILES string of the molecule is C[C@]1([I-]Oc2ccc(-n3cc(-c4cccc(C(F)(F)F)c4)nn3)cc2)Cn2cc(I)nc2O1. The van der Waals surface area contributed by atoms with Crippen LogP contribution in [0.3, 0.4) is 0 Å². The van der Waals surface area contributed by atoms with E-state index in [-0.39, 0.29) is 0 Å². The second-order valence-electron chi connectivity index (χ2n) is 7.45. The van der Waals surface area contributed by atoms with Crippen molar-refractivity contribution < 1.29 is 42.6 Å². The minimum absolute atomic E-state index is 0.347. The Morgan fingerprint density at radius 3 is 2.67 bits per heavy atom. The Labute approximate surface area is 210 Å². The zero-order valence-electron chi connectivity index (χ0n) is 16.9. The summed E-state index contributed by atoms with van der Waals surface area (Å²) in [6, 6.07) is 12.9. The monoisotopic (exact) mass is 680 g/mol. The molecule has 0 saturated heterocycles. The van der Waals surface area contributed by atoms with E-state index in [1.54, 1.807) is 12.3 Å². The van der Waals surface area contributed by atoms with E-state index in [0.29, 0.717) is 35.2 Å². The summed E-state index contributed by atoms with van der Waals surface area (Å²) >= 11 is 1.36. The summed E-state index contributed by atoms with van der Waals surface area (Å²) in [6.07, 6.45) is -0.871. The zero-order valence-corrected chi connectivity index (χ0v) is 21.2. The Bertz CT molecular complexity index is 1280. The Kier molecular flexibility index (Phi) is 5.74. The van der Waals surface area contributed by atoms with Gasteiger partial charge in [0, 0.05) is 0 Å². The van der Waals surface area contributed by atoms with Crippen LogP contribution in [0.5, 0.6) is 11.8 Å². The van der Waals surface area contributed by atoms with Crippen LogP contribution in [0.15, 0.2) is 60.9 Å². The van der Waals surface area contributed by atoms with Crippen LogP contribution in [0.2, 0.25) is 0 Å².